The predicted octanol–water partition coefficient (Wildman–Crippen LogP) is 7.43. The van der Waals surface area contributed by atoms with Gasteiger partial charge in [0, 0.05) is 26.9 Å². The summed E-state index contributed by atoms with van der Waals surface area (Å²) in [5, 5.41) is 6.73. The number of hydrogen-bond donors (Lipinski definition) is 0. The molecule has 0 bridgehead atoms. The highest BCUT2D eigenvalue weighted by molar-refractivity contribution is 7.20. The third-order valence-corrected chi connectivity index (χ3v) is 6.33. The van der Waals surface area contributed by atoms with Gasteiger partial charge < -0.3 is 4.74 Å². The van der Waals surface area contributed by atoms with Crippen molar-refractivity contribution in [2.45, 2.75) is 19.8 Å². The molecule has 0 saturated heterocycles. The minimum absolute atomic E-state index is 0.727. The monoisotopic (exact) mass is 426 g/mol. The molecule has 2 aromatic carbocycles. The van der Waals surface area contributed by atoms with Gasteiger partial charge in [-0.3, -0.25) is 0 Å². The van der Waals surface area contributed by atoms with Gasteiger partial charge in [0.2, 0.25) is 0 Å². The number of benzene rings is 2. The van der Waals surface area contributed by atoms with Crippen molar-refractivity contribution in [3.63, 3.8) is 0 Å². The van der Waals surface area contributed by atoms with Gasteiger partial charge in [-0.2, -0.15) is 0 Å². The highest BCUT2D eigenvalue weighted by Crippen LogP contribution is 2.34. The van der Waals surface area contributed by atoms with Crippen LogP contribution in [0.1, 0.15) is 19.8 Å². The molecular weight excluding hydrogens is 408 g/mol. The van der Waals surface area contributed by atoms with Crippen molar-refractivity contribution in [3.8, 4) is 38.3 Å². The Kier molecular flexibility index (Phi) is 6.05. The van der Waals surface area contributed by atoms with Gasteiger partial charge in [0.1, 0.15) is 5.75 Å². The lowest BCUT2D eigenvalue weighted by atomic mass is 10.2. The second kappa shape index (κ2) is 8.86. The van der Waals surface area contributed by atoms with E-state index in [1.807, 2.05) is 36.4 Å². The van der Waals surface area contributed by atoms with E-state index >= 15 is 0 Å². The highest BCUT2D eigenvalue weighted by Gasteiger charge is 2.12. The summed E-state index contributed by atoms with van der Waals surface area (Å²) in [4.78, 5) is 9.53. The fourth-order valence-corrected chi connectivity index (χ4v) is 4.52. The smallest absolute Gasteiger partial charge is 0.152 e. The van der Waals surface area contributed by atoms with Crippen molar-refractivity contribution in [1.29, 1.82) is 0 Å². The number of unbranched alkanes of at least 4 members (excludes halogenated alkanes) is 1. The molecule has 0 fully saturated rings. The Hall–Kier alpha value is -2.21. The van der Waals surface area contributed by atoms with E-state index in [0.717, 1.165) is 62.8 Å². The number of nitrogens with zero attached hydrogens (tertiary/aromatic N) is 2. The quantitative estimate of drug-likeness (QED) is 0.288. The van der Waals surface area contributed by atoms with Crippen molar-refractivity contribution in [1.82, 2.24) is 9.97 Å². The minimum atomic E-state index is 0.727. The zero-order chi connectivity index (χ0) is 19.3. The summed E-state index contributed by atoms with van der Waals surface area (Å²) in [6, 6.07) is 15.9. The number of thiazole rings is 2. The molecule has 2 aromatic heterocycles. The Morgan fingerprint density at radius 1 is 0.821 bits per heavy atom. The molecule has 3 nitrogen and oxygen atoms in total. The van der Waals surface area contributed by atoms with Gasteiger partial charge in [0.25, 0.3) is 0 Å². The number of ether oxygens (including phenoxy) is 1. The molecule has 28 heavy (non-hydrogen) atoms. The Morgan fingerprint density at radius 3 is 1.89 bits per heavy atom. The van der Waals surface area contributed by atoms with Gasteiger partial charge in [-0.05, 0) is 42.8 Å². The third kappa shape index (κ3) is 4.43. The lowest BCUT2D eigenvalue weighted by Gasteiger charge is -2.05. The highest BCUT2D eigenvalue weighted by atomic mass is 35.5. The van der Waals surface area contributed by atoms with Crippen LogP contribution < -0.4 is 4.74 Å². The van der Waals surface area contributed by atoms with Crippen LogP contribution in [0.2, 0.25) is 5.02 Å². The summed E-state index contributed by atoms with van der Waals surface area (Å²) in [6.07, 6.45) is 2.21. The third-order valence-electron chi connectivity index (χ3n) is 4.25. The lowest BCUT2D eigenvalue weighted by Crippen LogP contribution is -1.95. The molecule has 0 atom stereocenters. The maximum absolute atomic E-state index is 5.97. The van der Waals surface area contributed by atoms with Crippen LogP contribution in [0.15, 0.2) is 59.3 Å². The number of rotatable bonds is 7. The Bertz CT molecular complexity index is 1040. The average molecular weight is 427 g/mol. The summed E-state index contributed by atoms with van der Waals surface area (Å²) in [5.74, 6) is 0.903. The Labute approximate surface area is 177 Å². The first-order valence-corrected chi connectivity index (χ1v) is 11.3. The van der Waals surface area contributed by atoms with Crippen LogP contribution in [0.25, 0.3) is 32.5 Å². The first kappa shape index (κ1) is 19.1. The number of aromatic nitrogens is 2. The minimum Gasteiger partial charge on any atom is -0.494 e. The van der Waals surface area contributed by atoms with E-state index in [0.29, 0.717) is 0 Å². The van der Waals surface area contributed by atoms with Gasteiger partial charge in [-0.25, -0.2) is 9.97 Å². The summed E-state index contributed by atoms with van der Waals surface area (Å²) in [7, 11) is 0. The fourth-order valence-electron chi connectivity index (χ4n) is 2.69. The normalized spacial score (nSPS) is 10.9. The van der Waals surface area contributed by atoms with Crippen LogP contribution >= 0.6 is 34.3 Å². The lowest BCUT2D eigenvalue weighted by molar-refractivity contribution is 0.309. The second-order valence-corrected chi connectivity index (χ2v) is 8.46. The molecule has 0 radical (unpaired) electrons. The Morgan fingerprint density at radius 2 is 1.36 bits per heavy atom. The van der Waals surface area contributed by atoms with Crippen LogP contribution in [0.5, 0.6) is 5.75 Å². The van der Waals surface area contributed by atoms with Crippen LogP contribution in [0, 0.1) is 0 Å². The van der Waals surface area contributed by atoms with Crippen molar-refractivity contribution in [2.24, 2.45) is 0 Å². The van der Waals surface area contributed by atoms with E-state index in [2.05, 4.69) is 29.8 Å². The predicted molar refractivity (Wildman–Crippen MR) is 120 cm³/mol. The van der Waals surface area contributed by atoms with Gasteiger partial charge in [-0.15, -0.1) is 22.7 Å². The van der Waals surface area contributed by atoms with Crippen LogP contribution in [0.3, 0.4) is 0 Å². The molecule has 0 aliphatic heterocycles. The molecule has 4 rings (SSSR count). The molecule has 2 heterocycles. The molecule has 0 amide bonds. The van der Waals surface area contributed by atoms with E-state index < -0.39 is 0 Å². The summed E-state index contributed by atoms with van der Waals surface area (Å²) < 4.78 is 5.73. The molecule has 142 valence electrons. The molecule has 0 saturated carbocycles. The fraction of sp³-hybridized carbons (Fsp3) is 0.182. The largest absolute Gasteiger partial charge is 0.494 e. The Balaban J connectivity index is 1.49. The zero-order valence-corrected chi connectivity index (χ0v) is 17.8. The van der Waals surface area contributed by atoms with Gasteiger partial charge in [0.05, 0.1) is 18.0 Å². The summed E-state index contributed by atoms with van der Waals surface area (Å²) >= 11 is 9.19. The summed E-state index contributed by atoms with van der Waals surface area (Å²) in [6.45, 7) is 2.92. The molecule has 0 aliphatic rings. The molecule has 0 N–H and O–H groups in total. The van der Waals surface area contributed by atoms with Crippen molar-refractivity contribution >= 4 is 34.3 Å². The second-order valence-electron chi connectivity index (χ2n) is 6.31. The molecular formula is C22H19ClN2OS2. The molecule has 6 heteroatoms. The number of hydrogen-bond acceptors (Lipinski definition) is 5. The standard InChI is InChI=1S/C22H19ClN2OS2/c1-2-3-12-26-18-10-6-16(7-11-18)20-14-28-22(25-20)21-24-19(13-27-21)15-4-8-17(23)9-5-15/h4-11,13-14H,2-3,12H2,1H3. The van der Waals surface area contributed by atoms with Crippen molar-refractivity contribution < 1.29 is 4.74 Å². The van der Waals surface area contributed by atoms with Gasteiger partial charge in [-0.1, -0.05) is 37.1 Å². The SMILES string of the molecule is CCCCOc1ccc(-c2csc(-c3nc(-c4ccc(Cl)cc4)cs3)n2)cc1. The van der Waals surface area contributed by atoms with Crippen LogP contribution in [0.4, 0.5) is 0 Å². The van der Waals surface area contributed by atoms with E-state index in [4.69, 9.17) is 26.3 Å². The summed E-state index contributed by atoms with van der Waals surface area (Å²) in [5.41, 5.74) is 4.05. The van der Waals surface area contributed by atoms with Crippen LogP contribution in [-0.2, 0) is 0 Å². The topological polar surface area (TPSA) is 35.0 Å². The first-order chi connectivity index (χ1) is 13.7. The van der Waals surface area contributed by atoms with Gasteiger partial charge >= 0.3 is 0 Å². The average Bonchev–Trinajstić information content (AvgIpc) is 3.39. The molecule has 0 aliphatic carbocycles. The number of halogens is 1. The van der Waals surface area contributed by atoms with E-state index in [9.17, 15) is 0 Å². The molecule has 0 spiro atoms. The van der Waals surface area contributed by atoms with E-state index in [1.165, 1.54) is 0 Å². The molecule has 4 aromatic rings. The first-order valence-electron chi connectivity index (χ1n) is 9.13. The van der Waals surface area contributed by atoms with E-state index in [1.54, 1.807) is 22.7 Å². The maximum Gasteiger partial charge on any atom is 0.152 e. The van der Waals surface area contributed by atoms with Crippen molar-refractivity contribution in [2.75, 3.05) is 6.61 Å². The van der Waals surface area contributed by atoms with Crippen molar-refractivity contribution in [3.05, 3.63) is 64.3 Å². The van der Waals surface area contributed by atoms with Gasteiger partial charge in [0.15, 0.2) is 10.0 Å². The molecule has 0 unspecified atom stereocenters. The maximum atomic E-state index is 5.97. The van der Waals surface area contributed by atoms with Crippen LogP contribution in [-0.4, -0.2) is 16.6 Å². The zero-order valence-electron chi connectivity index (χ0n) is 15.4. The van der Waals surface area contributed by atoms with E-state index in [-0.39, 0.29) is 0 Å².